The monoisotopic (exact) mass is 527 g/mol. The fourth-order valence-corrected chi connectivity index (χ4v) is 6.95. The fraction of sp³-hybridized carbons (Fsp3) is 0.0857. The van der Waals surface area contributed by atoms with Gasteiger partial charge in [0.15, 0.2) is 0 Å². The van der Waals surface area contributed by atoms with Crippen LogP contribution in [0.4, 0.5) is 0 Å². The number of rotatable bonds is 6. The molecule has 3 nitrogen and oxygen atoms in total. The van der Waals surface area contributed by atoms with Gasteiger partial charge in [-0.2, -0.15) is 4.72 Å². The molecule has 192 valence electrons. The van der Waals surface area contributed by atoms with Gasteiger partial charge in [0.1, 0.15) is 5.54 Å². The summed E-state index contributed by atoms with van der Waals surface area (Å²) in [6.45, 7) is 4.01. The number of aryl methyl sites for hydroxylation is 2. The molecule has 0 amide bonds. The maximum absolute atomic E-state index is 14.2. The van der Waals surface area contributed by atoms with Gasteiger partial charge in [-0.05, 0) is 64.9 Å². The molecule has 5 aromatic rings. The number of hydrogen-bond donors (Lipinski definition) is 1. The van der Waals surface area contributed by atoms with Gasteiger partial charge in [0, 0.05) is 0 Å². The van der Waals surface area contributed by atoms with E-state index in [-0.39, 0.29) is 4.90 Å². The third kappa shape index (κ3) is 4.32. The highest BCUT2D eigenvalue weighted by Crippen LogP contribution is 2.55. The first-order valence-electron chi connectivity index (χ1n) is 13.0. The Morgan fingerprint density at radius 3 is 1.74 bits per heavy atom. The van der Waals surface area contributed by atoms with Crippen LogP contribution < -0.4 is 4.72 Å². The maximum atomic E-state index is 14.2. The van der Waals surface area contributed by atoms with Crippen LogP contribution in [0.25, 0.3) is 11.1 Å². The largest absolute Gasteiger partial charge is 0.241 e. The van der Waals surface area contributed by atoms with Gasteiger partial charge in [-0.15, -0.1) is 0 Å². The van der Waals surface area contributed by atoms with Crippen LogP contribution in [-0.2, 0) is 15.6 Å². The van der Waals surface area contributed by atoms with Crippen molar-refractivity contribution < 1.29 is 8.42 Å². The lowest BCUT2D eigenvalue weighted by molar-refractivity contribution is 0.547. The molecule has 39 heavy (non-hydrogen) atoms. The molecule has 0 saturated heterocycles. The first kappa shape index (κ1) is 25.1. The predicted octanol–water partition coefficient (Wildman–Crippen LogP) is 7.50. The molecule has 5 aromatic carbocycles. The highest BCUT2D eigenvalue weighted by atomic mass is 32.2. The minimum absolute atomic E-state index is 0.234. The Hall–Kier alpha value is -4.25. The molecule has 1 atom stereocenters. The van der Waals surface area contributed by atoms with Crippen LogP contribution in [0.2, 0.25) is 0 Å². The third-order valence-corrected chi connectivity index (χ3v) is 8.92. The highest BCUT2D eigenvalue weighted by molar-refractivity contribution is 7.89. The van der Waals surface area contributed by atoms with Crippen LogP contribution >= 0.6 is 0 Å². The Kier molecular flexibility index (Phi) is 6.30. The minimum Gasteiger partial charge on any atom is -0.207 e. The number of benzene rings is 5. The van der Waals surface area contributed by atoms with Gasteiger partial charge < -0.3 is 0 Å². The van der Waals surface area contributed by atoms with E-state index in [2.05, 4.69) is 54.1 Å². The Morgan fingerprint density at radius 1 is 0.564 bits per heavy atom. The third-order valence-electron chi connectivity index (χ3n) is 7.45. The predicted molar refractivity (Wildman–Crippen MR) is 159 cm³/mol. The molecule has 4 heteroatoms. The second kappa shape index (κ2) is 9.81. The molecule has 1 aliphatic carbocycles. The molecular weight excluding hydrogens is 498 g/mol. The first-order valence-corrected chi connectivity index (χ1v) is 14.5. The summed E-state index contributed by atoms with van der Waals surface area (Å²) in [7, 11) is -3.95. The summed E-state index contributed by atoms with van der Waals surface area (Å²) < 4.78 is 31.7. The molecule has 1 unspecified atom stereocenters. The van der Waals surface area contributed by atoms with Crippen molar-refractivity contribution in [1.82, 2.24) is 4.72 Å². The molecule has 0 spiro atoms. The summed E-state index contributed by atoms with van der Waals surface area (Å²) in [4.78, 5) is 0.234. The van der Waals surface area contributed by atoms with Gasteiger partial charge >= 0.3 is 0 Å². The summed E-state index contributed by atoms with van der Waals surface area (Å²) in [5, 5.41) is 0. The zero-order valence-corrected chi connectivity index (χ0v) is 22.7. The first-order chi connectivity index (χ1) is 18.9. The number of fused-ring (bicyclic) bond motifs is 1. The Labute approximate surface area is 230 Å². The zero-order chi connectivity index (χ0) is 27.0. The lowest BCUT2D eigenvalue weighted by atomic mass is 9.77. The highest BCUT2D eigenvalue weighted by Gasteiger charge is 2.49. The standard InChI is InChI=1S/C35H29NO2S/c1-25-17-21-28(22-18-25)34-33(27-11-5-3-6-12-27)31-15-9-10-16-32(31)35(34,29-13-7-4-8-14-29)36-39(37,38)30-23-19-26(2)20-24-30/h3-24,36H,1-2H3. The molecule has 0 aromatic heterocycles. The second-order valence-electron chi connectivity index (χ2n) is 10.1. The van der Waals surface area contributed by atoms with E-state index in [0.29, 0.717) is 0 Å². The summed E-state index contributed by atoms with van der Waals surface area (Å²) >= 11 is 0. The van der Waals surface area contributed by atoms with E-state index in [4.69, 9.17) is 0 Å². The molecule has 0 bridgehead atoms. The number of nitrogens with one attached hydrogen (secondary N) is 1. The molecule has 0 radical (unpaired) electrons. The van der Waals surface area contributed by atoms with Crippen molar-refractivity contribution in [3.05, 3.63) is 172 Å². The van der Waals surface area contributed by atoms with Crippen LogP contribution in [0.3, 0.4) is 0 Å². The van der Waals surface area contributed by atoms with Crippen molar-refractivity contribution in [1.29, 1.82) is 0 Å². The van der Waals surface area contributed by atoms with E-state index in [1.165, 1.54) is 0 Å². The lowest BCUT2D eigenvalue weighted by Gasteiger charge is -2.36. The molecule has 1 N–H and O–H groups in total. The fourth-order valence-electron chi connectivity index (χ4n) is 5.60. The summed E-state index contributed by atoms with van der Waals surface area (Å²) in [6.07, 6.45) is 0. The van der Waals surface area contributed by atoms with Crippen molar-refractivity contribution in [3.8, 4) is 0 Å². The molecular formula is C35H29NO2S. The SMILES string of the molecule is Cc1ccc(C2=C(c3ccccc3)c3ccccc3C2(NS(=O)(=O)c2ccc(C)cc2)c2ccccc2)cc1. The van der Waals surface area contributed by atoms with Crippen molar-refractivity contribution in [3.63, 3.8) is 0 Å². The van der Waals surface area contributed by atoms with Gasteiger partial charge in [-0.3, -0.25) is 0 Å². The topological polar surface area (TPSA) is 46.2 Å². The van der Waals surface area contributed by atoms with E-state index < -0.39 is 15.6 Å². The van der Waals surface area contributed by atoms with E-state index in [9.17, 15) is 8.42 Å². The normalized spacial score (nSPS) is 16.8. The molecule has 0 fully saturated rings. The van der Waals surface area contributed by atoms with Crippen molar-refractivity contribution in [2.24, 2.45) is 0 Å². The van der Waals surface area contributed by atoms with Gasteiger partial charge in [-0.1, -0.05) is 132 Å². The Morgan fingerprint density at radius 2 is 1.10 bits per heavy atom. The van der Waals surface area contributed by atoms with Gasteiger partial charge in [0.05, 0.1) is 4.90 Å². The Bertz CT molecular complexity index is 1770. The minimum atomic E-state index is -3.95. The molecule has 0 aliphatic heterocycles. The van der Waals surface area contributed by atoms with E-state index in [1.54, 1.807) is 12.1 Å². The van der Waals surface area contributed by atoms with E-state index >= 15 is 0 Å². The van der Waals surface area contributed by atoms with Crippen LogP contribution in [0.15, 0.2) is 138 Å². The summed E-state index contributed by atoms with van der Waals surface area (Å²) in [5.74, 6) is 0. The van der Waals surface area contributed by atoms with Crippen LogP contribution in [0.5, 0.6) is 0 Å². The molecule has 0 heterocycles. The quantitative estimate of drug-likeness (QED) is 0.249. The van der Waals surface area contributed by atoms with Crippen LogP contribution in [-0.4, -0.2) is 8.42 Å². The zero-order valence-electron chi connectivity index (χ0n) is 21.9. The van der Waals surface area contributed by atoms with Gasteiger partial charge in [0.2, 0.25) is 10.0 Å². The van der Waals surface area contributed by atoms with Crippen molar-refractivity contribution in [2.45, 2.75) is 24.3 Å². The van der Waals surface area contributed by atoms with E-state index in [0.717, 1.165) is 50.1 Å². The smallest absolute Gasteiger partial charge is 0.207 e. The average molecular weight is 528 g/mol. The molecule has 0 saturated carbocycles. The van der Waals surface area contributed by atoms with Crippen molar-refractivity contribution >= 4 is 21.2 Å². The Balaban J connectivity index is 1.74. The van der Waals surface area contributed by atoms with E-state index in [1.807, 2.05) is 85.8 Å². The lowest BCUT2D eigenvalue weighted by Crippen LogP contribution is -2.46. The van der Waals surface area contributed by atoms with Crippen molar-refractivity contribution in [2.75, 3.05) is 0 Å². The van der Waals surface area contributed by atoms with Gasteiger partial charge in [-0.25, -0.2) is 8.42 Å². The second-order valence-corrected chi connectivity index (χ2v) is 11.7. The average Bonchev–Trinajstić information content (AvgIpc) is 3.25. The molecule has 1 aliphatic rings. The summed E-state index contributed by atoms with van der Waals surface area (Å²) in [5.41, 5.74) is 7.68. The maximum Gasteiger partial charge on any atom is 0.241 e. The summed E-state index contributed by atoms with van der Waals surface area (Å²) in [6, 6.07) is 43.6. The van der Waals surface area contributed by atoms with Crippen LogP contribution in [0, 0.1) is 13.8 Å². The number of hydrogen-bond acceptors (Lipinski definition) is 2. The van der Waals surface area contributed by atoms with Gasteiger partial charge in [0.25, 0.3) is 0 Å². The molecule has 6 rings (SSSR count). The number of sulfonamides is 1. The van der Waals surface area contributed by atoms with Crippen LogP contribution in [0.1, 0.15) is 38.9 Å².